The molecule has 1 unspecified atom stereocenters. The summed E-state index contributed by atoms with van der Waals surface area (Å²) in [7, 11) is 1.94. The standard InChI is InChI=1S/C18H26ClN3O2/c1-13(2)18(4,12-20)21-17(23)14(3)22(5)10-11-24-16-8-6-15(19)7-9-16/h6-9,13-14H,10-11H2,1-5H3,(H,21,23)/p+1/t14-,18-/m1/s1. The van der Waals surface area contributed by atoms with E-state index in [1.807, 2.05) is 40.0 Å². The molecule has 24 heavy (non-hydrogen) atoms. The molecule has 2 N–H and O–H groups in total. The van der Waals surface area contributed by atoms with Gasteiger partial charge in [0.1, 0.15) is 24.4 Å². The van der Waals surface area contributed by atoms with E-state index in [-0.39, 0.29) is 17.9 Å². The summed E-state index contributed by atoms with van der Waals surface area (Å²) >= 11 is 5.83. The fourth-order valence-corrected chi connectivity index (χ4v) is 2.09. The van der Waals surface area contributed by atoms with E-state index in [0.717, 1.165) is 10.6 Å². The molecule has 1 amide bonds. The Bertz CT molecular complexity index is 583. The van der Waals surface area contributed by atoms with Crippen molar-refractivity contribution in [2.75, 3.05) is 20.2 Å². The Labute approximate surface area is 149 Å². The van der Waals surface area contributed by atoms with Crippen LogP contribution >= 0.6 is 11.6 Å². The van der Waals surface area contributed by atoms with Crippen LogP contribution in [0.3, 0.4) is 0 Å². The number of halogens is 1. The van der Waals surface area contributed by atoms with Crippen LogP contribution in [0.4, 0.5) is 0 Å². The molecule has 0 saturated carbocycles. The molecule has 0 aliphatic carbocycles. The van der Waals surface area contributed by atoms with E-state index in [9.17, 15) is 10.1 Å². The number of benzene rings is 1. The van der Waals surface area contributed by atoms with Gasteiger partial charge in [0.2, 0.25) is 0 Å². The molecule has 3 atom stereocenters. The van der Waals surface area contributed by atoms with Gasteiger partial charge in [-0.2, -0.15) is 5.26 Å². The Kier molecular flexibility index (Phi) is 7.53. The molecule has 1 rings (SSSR count). The van der Waals surface area contributed by atoms with Gasteiger partial charge in [0.05, 0.1) is 13.1 Å². The monoisotopic (exact) mass is 352 g/mol. The van der Waals surface area contributed by atoms with E-state index in [4.69, 9.17) is 16.3 Å². The number of nitrogens with one attached hydrogen (secondary N) is 2. The van der Waals surface area contributed by atoms with E-state index in [2.05, 4.69) is 11.4 Å². The fourth-order valence-electron chi connectivity index (χ4n) is 1.97. The summed E-state index contributed by atoms with van der Waals surface area (Å²) in [4.78, 5) is 13.4. The molecule has 0 heterocycles. The Hall–Kier alpha value is -1.77. The highest BCUT2D eigenvalue weighted by Gasteiger charge is 2.33. The SMILES string of the molecule is CC(C)[C@@](C)(C#N)NC(=O)[C@@H](C)[NH+](C)CCOc1ccc(Cl)cc1. The van der Waals surface area contributed by atoms with Crippen molar-refractivity contribution in [3.63, 3.8) is 0 Å². The second kappa shape index (κ2) is 8.91. The molecule has 1 aromatic rings. The lowest BCUT2D eigenvalue weighted by Crippen LogP contribution is -3.14. The summed E-state index contributed by atoms with van der Waals surface area (Å²) in [5.41, 5.74) is -0.856. The third-order valence-electron chi connectivity index (χ3n) is 4.48. The van der Waals surface area contributed by atoms with Crippen molar-refractivity contribution in [1.29, 1.82) is 5.26 Å². The van der Waals surface area contributed by atoms with Gasteiger partial charge in [-0.1, -0.05) is 25.4 Å². The van der Waals surface area contributed by atoms with Gasteiger partial charge >= 0.3 is 0 Å². The number of amides is 1. The molecule has 0 saturated heterocycles. The number of ether oxygens (including phenoxy) is 1. The Balaban J connectivity index is 2.49. The third-order valence-corrected chi connectivity index (χ3v) is 4.73. The number of likely N-dealkylation sites (N-methyl/N-ethyl adjacent to an activating group) is 1. The van der Waals surface area contributed by atoms with Crippen LogP contribution in [0.1, 0.15) is 27.7 Å². The number of hydrogen-bond acceptors (Lipinski definition) is 3. The molecular formula is C18H27ClN3O2+. The number of rotatable bonds is 8. The van der Waals surface area contributed by atoms with Crippen LogP contribution in [0.25, 0.3) is 0 Å². The maximum atomic E-state index is 12.4. The van der Waals surface area contributed by atoms with Crippen LogP contribution in [0, 0.1) is 17.2 Å². The second-order valence-electron chi connectivity index (χ2n) is 6.58. The van der Waals surface area contributed by atoms with Crippen LogP contribution in [-0.2, 0) is 4.79 Å². The predicted molar refractivity (Wildman–Crippen MR) is 95.2 cm³/mol. The summed E-state index contributed by atoms with van der Waals surface area (Å²) in [6.45, 7) is 8.61. The number of carbonyl (C=O) groups is 1. The zero-order valence-electron chi connectivity index (χ0n) is 15.0. The number of carbonyl (C=O) groups excluding carboxylic acids is 1. The topological polar surface area (TPSA) is 66.6 Å². The number of quaternary nitrogens is 1. The zero-order valence-corrected chi connectivity index (χ0v) is 15.8. The van der Waals surface area contributed by atoms with Gasteiger partial charge in [-0.25, -0.2) is 0 Å². The van der Waals surface area contributed by atoms with Crippen molar-refractivity contribution in [3.05, 3.63) is 29.3 Å². The lowest BCUT2D eigenvalue weighted by molar-refractivity contribution is -0.894. The highest BCUT2D eigenvalue weighted by atomic mass is 35.5. The smallest absolute Gasteiger partial charge is 0.279 e. The van der Waals surface area contributed by atoms with Crippen molar-refractivity contribution in [1.82, 2.24) is 5.32 Å². The molecule has 0 radical (unpaired) electrons. The lowest BCUT2D eigenvalue weighted by Gasteiger charge is -2.30. The minimum absolute atomic E-state index is 0.0344. The first kappa shape index (κ1) is 20.3. The minimum atomic E-state index is -0.856. The summed E-state index contributed by atoms with van der Waals surface area (Å²) < 4.78 is 5.66. The van der Waals surface area contributed by atoms with Crippen LogP contribution in [-0.4, -0.2) is 37.7 Å². The molecule has 0 spiro atoms. The van der Waals surface area contributed by atoms with E-state index >= 15 is 0 Å². The van der Waals surface area contributed by atoms with Gasteiger partial charge in [0.15, 0.2) is 6.04 Å². The molecular weight excluding hydrogens is 326 g/mol. The first-order valence-electron chi connectivity index (χ1n) is 8.13. The predicted octanol–water partition coefficient (Wildman–Crippen LogP) is 1.68. The lowest BCUT2D eigenvalue weighted by atomic mass is 9.90. The molecule has 5 nitrogen and oxygen atoms in total. The zero-order chi connectivity index (χ0) is 18.3. The minimum Gasteiger partial charge on any atom is -0.488 e. The summed E-state index contributed by atoms with van der Waals surface area (Å²) in [6, 6.07) is 9.10. The van der Waals surface area contributed by atoms with E-state index < -0.39 is 5.54 Å². The maximum Gasteiger partial charge on any atom is 0.279 e. The van der Waals surface area contributed by atoms with Crippen LogP contribution in [0.5, 0.6) is 5.75 Å². The van der Waals surface area contributed by atoms with Crippen molar-refractivity contribution < 1.29 is 14.4 Å². The number of nitriles is 1. The van der Waals surface area contributed by atoms with Gasteiger partial charge in [-0.3, -0.25) is 4.79 Å². The van der Waals surface area contributed by atoms with Gasteiger partial charge in [-0.05, 0) is 44.0 Å². The highest BCUT2D eigenvalue weighted by Crippen LogP contribution is 2.15. The van der Waals surface area contributed by atoms with Crippen molar-refractivity contribution in [2.45, 2.75) is 39.3 Å². The van der Waals surface area contributed by atoms with Crippen LogP contribution < -0.4 is 15.0 Å². The van der Waals surface area contributed by atoms with E-state index in [1.165, 1.54) is 0 Å². The van der Waals surface area contributed by atoms with Gasteiger partial charge < -0.3 is 15.0 Å². The molecule has 0 bridgehead atoms. The number of hydrogen-bond donors (Lipinski definition) is 2. The molecule has 0 fully saturated rings. The van der Waals surface area contributed by atoms with Gasteiger partial charge in [-0.15, -0.1) is 0 Å². The third kappa shape index (κ3) is 5.70. The van der Waals surface area contributed by atoms with Crippen molar-refractivity contribution in [2.24, 2.45) is 5.92 Å². The maximum absolute atomic E-state index is 12.4. The molecule has 0 aliphatic rings. The summed E-state index contributed by atoms with van der Waals surface area (Å²) in [5.74, 6) is 0.658. The molecule has 0 aromatic heterocycles. The average Bonchev–Trinajstić information content (AvgIpc) is 2.55. The number of nitrogens with zero attached hydrogens (tertiary/aromatic N) is 1. The van der Waals surface area contributed by atoms with Crippen LogP contribution in [0.2, 0.25) is 5.02 Å². The molecule has 0 aliphatic heterocycles. The average molecular weight is 353 g/mol. The summed E-state index contributed by atoms with van der Waals surface area (Å²) in [6.07, 6.45) is 0. The van der Waals surface area contributed by atoms with Crippen molar-refractivity contribution >= 4 is 17.5 Å². The molecule has 6 heteroatoms. The van der Waals surface area contributed by atoms with Gasteiger partial charge in [0, 0.05) is 5.02 Å². The van der Waals surface area contributed by atoms with E-state index in [1.54, 1.807) is 19.1 Å². The summed E-state index contributed by atoms with van der Waals surface area (Å²) in [5, 5.41) is 12.8. The first-order valence-corrected chi connectivity index (χ1v) is 8.51. The quantitative estimate of drug-likeness (QED) is 0.748. The Morgan fingerprint density at radius 1 is 1.38 bits per heavy atom. The first-order chi connectivity index (χ1) is 11.2. The highest BCUT2D eigenvalue weighted by molar-refractivity contribution is 6.30. The fraction of sp³-hybridized carbons (Fsp3) is 0.556. The second-order valence-corrected chi connectivity index (χ2v) is 7.01. The Morgan fingerprint density at radius 3 is 2.46 bits per heavy atom. The van der Waals surface area contributed by atoms with Crippen LogP contribution in [0.15, 0.2) is 24.3 Å². The largest absolute Gasteiger partial charge is 0.488 e. The molecule has 1 aromatic carbocycles. The van der Waals surface area contributed by atoms with Crippen molar-refractivity contribution in [3.8, 4) is 11.8 Å². The Morgan fingerprint density at radius 2 is 1.96 bits per heavy atom. The van der Waals surface area contributed by atoms with E-state index in [0.29, 0.717) is 18.2 Å². The normalized spacial score (nSPS) is 15.9. The van der Waals surface area contributed by atoms with Gasteiger partial charge in [0.25, 0.3) is 5.91 Å². The molecule has 132 valence electrons.